The van der Waals surface area contributed by atoms with Crippen molar-refractivity contribution in [2.75, 3.05) is 4.90 Å². The summed E-state index contributed by atoms with van der Waals surface area (Å²) in [4.78, 5) is 31.8. The summed E-state index contributed by atoms with van der Waals surface area (Å²) >= 11 is 0. The molecule has 0 bridgehead atoms. The van der Waals surface area contributed by atoms with Gasteiger partial charge in [-0.15, -0.1) is 5.10 Å². The summed E-state index contributed by atoms with van der Waals surface area (Å²) in [6, 6.07) is 13.0. The number of rotatable bonds is 6. The fourth-order valence-corrected chi connectivity index (χ4v) is 5.08. The number of carbonyl (C=O) groups is 2. The molecule has 1 aliphatic rings. The lowest BCUT2D eigenvalue weighted by molar-refractivity contribution is -0.124. The molecule has 1 aromatic carbocycles. The zero-order chi connectivity index (χ0) is 26.3. The van der Waals surface area contributed by atoms with Crippen LogP contribution in [0.1, 0.15) is 62.5 Å². The molecule has 0 aliphatic heterocycles. The van der Waals surface area contributed by atoms with Crippen molar-refractivity contribution in [1.29, 1.82) is 0 Å². The third-order valence-electron chi connectivity index (χ3n) is 7.20. The molecule has 5 rings (SSSR count). The van der Waals surface area contributed by atoms with Crippen molar-refractivity contribution in [1.82, 2.24) is 14.8 Å². The Kier molecular flexibility index (Phi) is 6.58. The minimum Gasteiger partial charge on any atom is -0.477 e. The molecule has 192 valence electrons. The molecule has 8 nitrogen and oxygen atoms in total. The maximum absolute atomic E-state index is 13.5. The summed E-state index contributed by atoms with van der Waals surface area (Å²) < 4.78 is 7.48. The van der Waals surface area contributed by atoms with Gasteiger partial charge >= 0.3 is 5.97 Å². The maximum atomic E-state index is 13.5. The molecule has 0 radical (unpaired) electrons. The fourth-order valence-electron chi connectivity index (χ4n) is 5.08. The van der Waals surface area contributed by atoms with Gasteiger partial charge in [0.25, 0.3) is 0 Å². The Morgan fingerprint density at radius 3 is 2.43 bits per heavy atom. The Morgan fingerprint density at radius 2 is 1.78 bits per heavy atom. The Labute approximate surface area is 215 Å². The normalized spacial score (nSPS) is 17.9. The molecule has 0 spiro atoms. The topological polar surface area (TPSA) is 101 Å². The van der Waals surface area contributed by atoms with Gasteiger partial charge in [0.2, 0.25) is 5.91 Å². The van der Waals surface area contributed by atoms with E-state index in [1.807, 2.05) is 63.2 Å². The van der Waals surface area contributed by atoms with Gasteiger partial charge < -0.3 is 9.52 Å². The number of furan rings is 1. The van der Waals surface area contributed by atoms with E-state index in [9.17, 15) is 14.7 Å². The minimum atomic E-state index is -1.11. The number of hydrogen-bond donors (Lipinski definition) is 1. The van der Waals surface area contributed by atoms with E-state index in [1.165, 1.54) is 10.9 Å². The molecule has 37 heavy (non-hydrogen) atoms. The SMILES string of the molecule is Cc1ccc2oc(-c3ccc(-n4cc(C(=O)O)c(N(C(=O)C5CCC(C)CC5)C(C)C)n4)cc3)cc2n1. The van der Waals surface area contributed by atoms with Gasteiger partial charge in [-0.3, -0.25) is 9.69 Å². The van der Waals surface area contributed by atoms with Crippen LogP contribution in [0.15, 0.2) is 53.1 Å². The molecule has 4 aromatic rings. The lowest BCUT2D eigenvalue weighted by Crippen LogP contribution is -2.43. The van der Waals surface area contributed by atoms with E-state index in [1.54, 1.807) is 4.90 Å². The van der Waals surface area contributed by atoms with Gasteiger partial charge in [0.15, 0.2) is 11.4 Å². The highest BCUT2D eigenvalue weighted by atomic mass is 16.4. The van der Waals surface area contributed by atoms with Crippen LogP contribution in [0, 0.1) is 18.8 Å². The summed E-state index contributed by atoms with van der Waals surface area (Å²) in [6.45, 7) is 7.94. The van der Waals surface area contributed by atoms with Crippen molar-refractivity contribution in [3.05, 3.63) is 59.9 Å². The van der Waals surface area contributed by atoms with Gasteiger partial charge in [-0.2, -0.15) is 0 Å². The highest BCUT2D eigenvalue weighted by Crippen LogP contribution is 2.33. The van der Waals surface area contributed by atoms with Crippen molar-refractivity contribution >= 4 is 28.8 Å². The summed E-state index contributed by atoms with van der Waals surface area (Å²) in [7, 11) is 0. The van der Waals surface area contributed by atoms with Crippen LogP contribution in [-0.2, 0) is 4.79 Å². The number of benzene rings is 1. The molecule has 0 unspecified atom stereocenters. The molecule has 0 atom stereocenters. The first-order valence-corrected chi connectivity index (χ1v) is 12.8. The lowest BCUT2D eigenvalue weighted by atomic mass is 9.82. The van der Waals surface area contributed by atoms with Crippen LogP contribution in [0.5, 0.6) is 0 Å². The van der Waals surface area contributed by atoms with Crippen molar-refractivity contribution in [2.24, 2.45) is 11.8 Å². The van der Waals surface area contributed by atoms with E-state index in [0.29, 0.717) is 17.4 Å². The molecule has 3 aromatic heterocycles. The molecular weight excluding hydrogens is 468 g/mol. The Hall–Kier alpha value is -3.94. The van der Waals surface area contributed by atoms with Gasteiger partial charge in [0, 0.05) is 35.5 Å². The first kappa shape index (κ1) is 24.7. The van der Waals surface area contributed by atoms with Crippen molar-refractivity contribution in [3.63, 3.8) is 0 Å². The van der Waals surface area contributed by atoms with E-state index in [2.05, 4.69) is 17.0 Å². The second kappa shape index (κ2) is 9.84. The van der Waals surface area contributed by atoms with Crippen molar-refractivity contribution in [2.45, 2.75) is 59.4 Å². The third kappa shape index (κ3) is 4.88. The number of carbonyl (C=O) groups excluding carboxylic acids is 1. The van der Waals surface area contributed by atoms with Crippen LogP contribution in [0.4, 0.5) is 5.82 Å². The number of fused-ring (bicyclic) bond motifs is 1. The first-order chi connectivity index (χ1) is 17.7. The van der Waals surface area contributed by atoms with Crippen LogP contribution in [0.3, 0.4) is 0 Å². The predicted octanol–water partition coefficient (Wildman–Crippen LogP) is 6.25. The second-order valence-electron chi connectivity index (χ2n) is 10.4. The molecule has 0 saturated heterocycles. The summed E-state index contributed by atoms with van der Waals surface area (Å²) in [5.74, 6) is 0.247. The Morgan fingerprint density at radius 1 is 1.08 bits per heavy atom. The highest BCUT2D eigenvalue weighted by molar-refractivity contribution is 6.01. The molecule has 8 heteroatoms. The van der Waals surface area contributed by atoms with Crippen LogP contribution >= 0.6 is 0 Å². The van der Waals surface area contributed by atoms with Crippen LogP contribution in [0.2, 0.25) is 0 Å². The van der Waals surface area contributed by atoms with Gasteiger partial charge in [0.1, 0.15) is 16.8 Å². The maximum Gasteiger partial charge on any atom is 0.341 e. The number of aromatic carboxylic acids is 1. The lowest BCUT2D eigenvalue weighted by Gasteiger charge is -2.32. The summed E-state index contributed by atoms with van der Waals surface area (Å²) in [5, 5.41) is 14.6. The highest BCUT2D eigenvalue weighted by Gasteiger charge is 2.34. The molecule has 1 N–H and O–H groups in total. The molecule has 3 heterocycles. The molecule has 1 aliphatic carbocycles. The van der Waals surface area contributed by atoms with Gasteiger partial charge in [-0.25, -0.2) is 14.5 Å². The van der Waals surface area contributed by atoms with Crippen LogP contribution < -0.4 is 4.90 Å². The largest absolute Gasteiger partial charge is 0.477 e. The number of aromatic nitrogens is 3. The van der Waals surface area contributed by atoms with Gasteiger partial charge in [0.05, 0.1) is 5.69 Å². The fraction of sp³-hybridized carbons (Fsp3) is 0.379. The third-order valence-corrected chi connectivity index (χ3v) is 7.20. The van der Waals surface area contributed by atoms with Crippen LogP contribution in [-0.4, -0.2) is 37.8 Å². The van der Waals surface area contributed by atoms with E-state index >= 15 is 0 Å². The molecular formula is C29H32N4O4. The number of anilines is 1. The zero-order valence-electron chi connectivity index (χ0n) is 21.6. The molecule has 1 fully saturated rings. The van der Waals surface area contributed by atoms with Gasteiger partial charge in [-0.1, -0.05) is 6.92 Å². The molecule has 1 amide bonds. The number of hydrogen-bond acceptors (Lipinski definition) is 5. The quantitative estimate of drug-likeness (QED) is 0.336. The first-order valence-electron chi connectivity index (χ1n) is 12.8. The standard InChI is InChI=1S/C29H32N4O4/c1-17(2)33(28(34)21-8-5-18(3)6-9-21)27-23(29(35)36)16-32(31-27)22-12-10-20(11-13-22)26-15-24-25(37-26)14-7-19(4)30-24/h7,10-18,21H,5-6,8-9H2,1-4H3,(H,35,36). The monoisotopic (exact) mass is 500 g/mol. The second-order valence-corrected chi connectivity index (χ2v) is 10.4. The number of carboxylic acids is 1. The van der Waals surface area contributed by atoms with Crippen LogP contribution in [0.25, 0.3) is 28.1 Å². The summed E-state index contributed by atoms with van der Waals surface area (Å²) in [6.07, 6.45) is 5.15. The predicted molar refractivity (Wildman–Crippen MR) is 142 cm³/mol. The zero-order valence-corrected chi connectivity index (χ0v) is 21.6. The minimum absolute atomic E-state index is 0.00836. The van der Waals surface area contributed by atoms with E-state index in [4.69, 9.17) is 4.42 Å². The number of amides is 1. The average Bonchev–Trinajstić information content (AvgIpc) is 3.49. The van der Waals surface area contributed by atoms with E-state index in [0.717, 1.165) is 48.0 Å². The average molecular weight is 501 g/mol. The Bertz CT molecular complexity index is 1440. The van der Waals surface area contributed by atoms with Crippen molar-refractivity contribution in [3.8, 4) is 17.0 Å². The molecule has 1 saturated carbocycles. The number of aryl methyl sites for hydroxylation is 1. The number of carboxylic acid groups (broad SMARTS) is 1. The van der Waals surface area contributed by atoms with E-state index in [-0.39, 0.29) is 29.2 Å². The number of nitrogens with zero attached hydrogens (tertiary/aromatic N) is 4. The van der Waals surface area contributed by atoms with E-state index < -0.39 is 5.97 Å². The smallest absolute Gasteiger partial charge is 0.341 e. The van der Waals surface area contributed by atoms with Gasteiger partial charge in [-0.05, 0) is 88.8 Å². The van der Waals surface area contributed by atoms with Crippen molar-refractivity contribution < 1.29 is 19.1 Å². The Balaban J connectivity index is 1.46. The number of pyridine rings is 1. The summed E-state index contributed by atoms with van der Waals surface area (Å²) in [5.41, 5.74) is 4.01.